The highest BCUT2D eigenvalue weighted by Crippen LogP contribution is 2.13. The molecule has 2 aromatic rings. The van der Waals surface area contributed by atoms with E-state index in [2.05, 4.69) is 36.1 Å². The summed E-state index contributed by atoms with van der Waals surface area (Å²) in [4.78, 5) is 29.0. The van der Waals surface area contributed by atoms with Crippen LogP contribution in [0.3, 0.4) is 0 Å². The second-order valence-electron chi connectivity index (χ2n) is 7.65. The van der Waals surface area contributed by atoms with Crippen molar-refractivity contribution in [1.82, 2.24) is 9.80 Å². The third-order valence-corrected chi connectivity index (χ3v) is 5.48. The van der Waals surface area contributed by atoms with E-state index in [1.54, 1.807) is 31.4 Å². The number of hydrogen-bond donors (Lipinski definition) is 0. The Balaban J connectivity index is 1.38. The van der Waals surface area contributed by atoms with Crippen LogP contribution in [-0.4, -0.2) is 61.3 Å². The van der Waals surface area contributed by atoms with Gasteiger partial charge in [-0.3, -0.25) is 14.5 Å². The molecule has 5 heteroatoms. The lowest BCUT2D eigenvalue weighted by atomic mass is 10.1. The number of ether oxygens (including phenoxy) is 1. The number of piperazine rings is 1. The summed E-state index contributed by atoms with van der Waals surface area (Å²) in [6.07, 6.45) is 2.39. The van der Waals surface area contributed by atoms with Gasteiger partial charge in [-0.2, -0.15) is 0 Å². The number of hydrogen-bond acceptors (Lipinski definition) is 4. The zero-order valence-corrected chi connectivity index (χ0v) is 17.4. The number of carbonyl (C=O) groups excluding carboxylic acids is 2. The number of Topliss-reactive ketones (excluding diaryl/α,β-unsaturated/α-hetero) is 1. The minimum absolute atomic E-state index is 0.102. The van der Waals surface area contributed by atoms with E-state index >= 15 is 0 Å². The summed E-state index contributed by atoms with van der Waals surface area (Å²) in [6, 6.07) is 15.7. The van der Waals surface area contributed by atoms with Gasteiger partial charge in [0.1, 0.15) is 5.75 Å². The topological polar surface area (TPSA) is 49.9 Å². The Bertz CT molecular complexity index is 807. The fraction of sp³-hybridized carbons (Fsp3) is 0.417. The van der Waals surface area contributed by atoms with E-state index < -0.39 is 0 Å². The first-order valence-electron chi connectivity index (χ1n) is 10.3. The summed E-state index contributed by atoms with van der Waals surface area (Å²) in [5.74, 6) is 1.07. The molecule has 0 spiro atoms. The Morgan fingerprint density at radius 2 is 1.59 bits per heavy atom. The summed E-state index contributed by atoms with van der Waals surface area (Å²) in [5.41, 5.74) is 3.24. The van der Waals surface area contributed by atoms with Gasteiger partial charge in [-0.05, 0) is 49.6 Å². The third kappa shape index (κ3) is 6.16. The number of aryl methyl sites for hydroxylation is 2. The van der Waals surface area contributed by atoms with Gasteiger partial charge in [-0.25, -0.2) is 0 Å². The van der Waals surface area contributed by atoms with Crippen LogP contribution >= 0.6 is 0 Å². The van der Waals surface area contributed by atoms with E-state index in [1.165, 1.54) is 11.1 Å². The van der Waals surface area contributed by atoms with Gasteiger partial charge in [0.15, 0.2) is 5.78 Å². The highest BCUT2D eigenvalue weighted by atomic mass is 16.5. The predicted octanol–water partition coefficient (Wildman–Crippen LogP) is 3.35. The summed E-state index contributed by atoms with van der Waals surface area (Å²) >= 11 is 0. The Kier molecular flexibility index (Phi) is 7.42. The first-order valence-corrected chi connectivity index (χ1v) is 10.3. The van der Waals surface area contributed by atoms with Gasteiger partial charge < -0.3 is 9.64 Å². The van der Waals surface area contributed by atoms with Gasteiger partial charge in [0.25, 0.3) is 0 Å². The Hall–Kier alpha value is -2.66. The highest BCUT2D eigenvalue weighted by molar-refractivity contribution is 5.97. The molecule has 0 atom stereocenters. The van der Waals surface area contributed by atoms with Gasteiger partial charge in [0, 0.05) is 38.2 Å². The molecule has 1 fully saturated rings. The molecule has 0 N–H and O–H groups in total. The molecule has 0 bridgehead atoms. The molecule has 2 aromatic carbocycles. The molecule has 5 nitrogen and oxygen atoms in total. The molecule has 1 saturated heterocycles. The van der Waals surface area contributed by atoms with Crippen LogP contribution in [0.4, 0.5) is 0 Å². The van der Waals surface area contributed by atoms with Gasteiger partial charge in [0.2, 0.25) is 5.91 Å². The standard InChI is InChI=1S/C24H30N2O3/c1-19-6-8-20(9-7-19)4-3-5-24(28)26-16-14-25(15-17-26)18-23(27)21-10-12-22(29-2)13-11-21/h6-13H,3-5,14-18H2,1-2H3. The molecule has 154 valence electrons. The summed E-state index contributed by atoms with van der Waals surface area (Å²) in [5, 5.41) is 0. The quantitative estimate of drug-likeness (QED) is 0.645. The number of benzene rings is 2. The van der Waals surface area contributed by atoms with E-state index in [0.29, 0.717) is 31.6 Å². The van der Waals surface area contributed by atoms with E-state index in [0.717, 1.165) is 31.7 Å². The molecule has 1 aliphatic rings. The predicted molar refractivity (Wildman–Crippen MR) is 114 cm³/mol. The zero-order valence-electron chi connectivity index (χ0n) is 17.4. The van der Waals surface area contributed by atoms with Gasteiger partial charge in [-0.1, -0.05) is 29.8 Å². The minimum atomic E-state index is 0.102. The Labute approximate surface area is 173 Å². The van der Waals surface area contributed by atoms with E-state index in [4.69, 9.17) is 4.74 Å². The monoisotopic (exact) mass is 394 g/mol. The lowest BCUT2D eigenvalue weighted by Gasteiger charge is -2.34. The molecule has 0 unspecified atom stereocenters. The van der Waals surface area contributed by atoms with Crippen molar-refractivity contribution < 1.29 is 14.3 Å². The van der Waals surface area contributed by atoms with Crippen LogP contribution in [0.5, 0.6) is 5.75 Å². The lowest BCUT2D eigenvalue weighted by molar-refractivity contribution is -0.132. The van der Waals surface area contributed by atoms with Crippen molar-refractivity contribution in [3.63, 3.8) is 0 Å². The lowest BCUT2D eigenvalue weighted by Crippen LogP contribution is -2.49. The fourth-order valence-electron chi connectivity index (χ4n) is 3.58. The van der Waals surface area contributed by atoms with Crippen LogP contribution in [0.1, 0.15) is 34.3 Å². The van der Waals surface area contributed by atoms with E-state index in [1.807, 2.05) is 4.90 Å². The molecule has 0 radical (unpaired) electrons. The van der Waals surface area contributed by atoms with E-state index in [9.17, 15) is 9.59 Å². The number of carbonyl (C=O) groups is 2. The Morgan fingerprint density at radius 3 is 2.21 bits per heavy atom. The molecule has 1 aliphatic heterocycles. The molecular weight excluding hydrogens is 364 g/mol. The highest BCUT2D eigenvalue weighted by Gasteiger charge is 2.22. The number of methoxy groups -OCH3 is 1. The average molecular weight is 395 g/mol. The smallest absolute Gasteiger partial charge is 0.222 e. The average Bonchev–Trinajstić information content (AvgIpc) is 2.75. The van der Waals surface area contributed by atoms with Crippen LogP contribution in [0, 0.1) is 6.92 Å². The Morgan fingerprint density at radius 1 is 0.931 bits per heavy atom. The maximum atomic E-state index is 12.5. The van der Waals surface area contributed by atoms with Crippen molar-refractivity contribution in [2.24, 2.45) is 0 Å². The van der Waals surface area contributed by atoms with Crippen LogP contribution in [0.15, 0.2) is 48.5 Å². The summed E-state index contributed by atoms with van der Waals surface area (Å²) < 4.78 is 5.13. The molecule has 0 aromatic heterocycles. The summed E-state index contributed by atoms with van der Waals surface area (Å²) in [6.45, 7) is 5.34. The van der Waals surface area contributed by atoms with Crippen LogP contribution in [-0.2, 0) is 11.2 Å². The number of nitrogens with zero attached hydrogens (tertiary/aromatic N) is 2. The number of ketones is 1. The molecule has 1 heterocycles. The largest absolute Gasteiger partial charge is 0.497 e. The van der Waals surface area contributed by atoms with Gasteiger partial charge >= 0.3 is 0 Å². The van der Waals surface area contributed by atoms with Gasteiger partial charge in [0.05, 0.1) is 13.7 Å². The van der Waals surface area contributed by atoms with Crippen molar-refractivity contribution in [1.29, 1.82) is 0 Å². The molecular formula is C24H30N2O3. The maximum absolute atomic E-state index is 12.5. The SMILES string of the molecule is COc1ccc(C(=O)CN2CCN(C(=O)CCCc3ccc(C)cc3)CC2)cc1. The van der Waals surface area contributed by atoms with Crippen molar-refractivity contribution in [2.75, 3.05) is 39.8 Å². The van der Waals surface area contributed by atoms with Crippen molar-refractivity contribution >= 4 is 11.7 Å². The zero-order chi connectivity index (χ0) is 20.6. The van der Waals surface area contributed by atoms with Crippen molar-refractivity contribution in [3.05, 3.63) is 65.2 Å². The second kappa shape index (κ2) is 10.2. The van der Waals surface area contributed by atoms with Crippen molar-refractivity contribution in [2.45, 2.75) is 26.2 Å². The number of amides is 1. The fourth-order valence-corrected chi connectivity index (χ4v) is 3.58. The third-order valence-electron chi connectivity index (χ3n) is 5.48. The summed E-state index contributed by atoms with van der Waals surface area (Å²) in [7, 11) is 1.61. The van der Waals surface area contributed by atoms with Crippen LogP contribution in [0.25, 0.3) is 0 Å². The second-order valence-corrected chi connectivity index (χ2v) is 7.65. The molecule has 1 amide bonds. The number of rotatable bonds is 8. The van der Waals surface area contributed by atoms with Crippen LogP contribution in [0.2, 0.25) is 0 Å². The first kappa shape index (κ1) is 21.1. The van der Waals surface area contributed by atoms with Crippen molar-refractivity contribution in [3.8, 4) is 5.75 Å². The maximum Gasteiger partial charge on any atom is 0.222 e. The minimum Gasteiger partial charge on any atom is -0.497 e. The molecule has 0 aliphatic carbocycles. The normalized spacial score (nSPS) is 14.6. The molecule has 3 rings (SSSR count). The first-order chi connectivity index (χ1) is 14.0. The van der Waals surface area contributed by atoms with Gasteiger partial charge in [-0.15, -0.1) is 0 Å². The molecule has 29 heavy (non-hydrogen) atoms. The van der Waals surface area contributed by atoms with Crippen LogP contribution < -0.4 is 4.74 Å². The molecule has 0 saturated carbocycles. The van der Waals surface area contributed by atoms with E-state index in [-0.39, 0.29) is 11.7 Å².